The number of aliphatic hydroxyl groups excluding tert-OH is 1. The van der Waals surface area contributed by atoms with Gasteiger partial charge < -0.3 is 9.59 Å². The molecule has 0 aliphatic rings. The van der Waals surface area contributed by atoms with Crippen molar-refractivity contribution in [2.24, 2.45) is 0 Å². The Labute approximate surface area is 72.6 Å². The Morgan fingerprint density at radius 3 is 1.25 bits per heavy atom. The monoisotopic (exact) mass is 202 g/mol. The van der Waals surface area contributed by atoms with Gasteiger partial charge in [0.25, 0.3) is 0 Å². The lowest BCUT2D eigenvalue weighted by molar-refractivity contribution is -0.916. The molecule has 0 aromatic heterocycles. The van der Waals surface area contributed by atoms with E-state index < -0.39 is 10.4 Å². The molecule has 12 heavy (non-hydrogen) atoms. The van der Waals surface area contributed by atoms with Crippen molar-refractivity contribution in [1.82, 2.24) is 0 Å². The molecule has 0 aliphatic carbocycles. The molecule has 0 saturated heterocycles. The van der Waals surface area contributed by atoms with Crippen LogP contribution in [0.4, 0.5) is 0 Å². The fourth-order valence-corrected chi connectivity index (χ4v) is 0. The third-order valence-electron chi connectivity index (χ3n) is 1.12. The normalized spacial score (nSPS) is 14.6. The summed E-state index contributed by atoms with van der Waals surface area (Å²) in [6, 6.07) is 0. The van der Waals surface area contributed by atoms with Crippen molar-refractivity contribution in [2.75, 3.05) is 21.1 Å². The van der Waals surface area contributed by atoms with Crippen molar-refractivity contribution in [1.29, 1.82) is 0 Å². The number of quaternary nitrogens is 1. The van der Waals surface area contributed by atoms with Crippen molar-refractivity contribution in [2.45, 2.75) is 13.2 Å². The molecule has 0 aliphatic heterocycles. The van der Waals surface area contributed by atoms with E-state index >= 15 is 0 Å². The van der Waals surface area contributed by atoms with Gasteiger partial charge in [0.2, 0.25) is 0 Å². The fourth-order valence-electron chi connectivity index (χ4n) is 0. The van der Waals surface area contributed by atoms with Crippen molar-refractivity contribution in [3.8, 4) is 0 Å². The molecule has 0 rings (SSSR count). The largest absolute Gasteiger partial charge is 0.394 e. The van der Waals surface area contributed by atoms with Crippen LogP contribution < -0.4 is 0 Å². The van der Waals surface area contributed by atoms with Gasteiger partial charge >= 0.3 is 10.4 Å². The number of hydrogen-bond donors (Lipinski definition) is 3. The molecule has 6 nitrogen and oxygen atoms in total. The molecule has 7 heteroatoms. The zero-order valence-corrected chi connectivity index (χ0v) is 8.41. The minimum Gasteiger partial charge on any atom is -0.345 e. The molecule has 3 N–H and O–H groups in total. The Balaban J connectivity index is 0. The molecule has 1 atom stereocenters. The molecule has 0 heterocycles. The molecule has 0 saturated carbocycles. The number of nitrogens with zero attached hydrogens (tertiary/aromatic N) is 1. The maximum atomic E-state index is 8.86. The quantitative estimate of drug-likeness (QED) is 0.299. The third-order valence-corrected chi connectivity index (χ3v) is 1.12. The number of aliphatic hydroxyl groups is 1. The van der Waals surface area contributed by atoms with Crippen LogP contribution in [-0.2, 0) is 10.4 Å². The highest BCUT2D eigenvalue weighted by molar-refractivity contribution is 7.79. The van der Waals surface area contributed by atoms with E-state index in [1.54, 1.807) is 6.92 Å². The Hall–Kier alpha value is -0.210. The Bertz CT molecular complexity index is 194. The van der Waals surface area contributed by atoms with Gasteiger partial charge in [0, 0.05) is 6.92 Å². The number of rotatable bonds is 1. The summed E-state index contributed by atoms with van der Waals surface area (Å²) in [6.45, 7) is 1.78. The molecule has 0 fully saturated rings. The smallest absolute Gasteiger partial charge is 0.345 e. The summed E-state index contributed by atoms with van der Waals surface area (Å²) in [6.07, 6.45) is -0.264. The summed E-state index contributed by atoms with van der Waals surface area (Å²) in [5.74, 6) is 0. The molecule has 1 unspecified atom stereocenters. The molecule has 0 bridgehead atoms. The van der Waals surface area contributed by atoms with Gasteiger partial charge in [-0.1, -0.05) is 0 Å². The van der Waals surface area contributed by atoms with Crippen LogP contribution in [-0.4, -0.2) is 54.5 Å². The molecule has 0 spiro atoms. The lowest BCUT2D eigenvalue weighted by Crippen LogP contribution is -2.42. The Kier molecular flexibility index (Phi) is 5.64. The minimum absolute atomic E-state index is 0.264. The molecule has 0 radical (unpaired) electrons. The van der Waals surface area contributed by atoms with Gasteiger partial charge in [0.15, 0.2) is 6.23 Å². The van der Waals surface area contributed by atoms with Gasteiger partial charge in [-0.05, 0) is 0 Å². The van der Waals surface area contributed by atoms with E-state index in [-0.39, 0.29) is 6.23 Å². The average molecular weight is 202 g/mol. The van der Waals surface area contributed by atoms with Gasteiger partial charge in [0.1, 0.15) is 0 Å². The van der Waals surface area contributed by atoms with E-state index in [1.165, 1.54) is 0 Å². The first-order chi connectivity index (χ1) is 4.94. The summed E-state index contributed by atoms with van der Waals surface area (Å²) >= 11 is 0. The van der Waals surface area contributed by atoms with E-state index in [0.717, 1.165) is 0 Å². The van der Waals surface area contributed by atoms with Crippen molar-refractivity contribution in [3.63, 3.8) is 0 Å². The molecule has 76 valence electrons. The first-order valence-electron chi connectivity index (χ1n) is 3.13. The maximum absolute atomic E-state index is 8.86. The third kappa shape index (κ3) is 22.6. The zero-order valence-electron chi connectivity index (χ0n) is 7.59. The van der Waals surface area contributed by atoms with E-state index in [9.17, 15) is 0 Å². The second-order valence-corrected chi connectivity index (χ2v) is 4.09. The van der Waals surface area contributed by atoms with Crippen LogP contribution in [0, 0.1) is 0 Å². The van der Waals surface area contributed by atoms with Crippen LogP contribution in [0.2, 0.25) is 0 Å². The molecular weight excluding hydrogens is 186 g/mol. The van der Waals surface area contributed by atoms with Crippen LogP contribution in [0.1, 0.15) is 6.92 Å². The van der Waals surface area contributed by atoms with Crippen molar-refractivity contribution >= 4 is 10.4 Å². The summed E-state index contributed by atoms with van der Waals surface area (Å²) < 4.78 is 32.2. The van der Waals surface area contributed by atoms with Crippen LogP contribution in [0.3, 0.4) is 0 Å². The summed E-state index contributed by atoms with van der Waals surface area (Å²) in [5.41, 5.74) is 0. The van der Waals surface area contributed by atoms with Gasteiger partial charge in [-0.3, -0.25) is 9.11 Å². The highest BCUT2D eigenvalue weighted by atomic mass is 32.3. The minimum atomic E-state index is -4.67. The molecule has 0 aromatic carbocycles. The SMILES string of the molecule is CC(O)[N+](C)(C)C.O=S(=O)(O)O. The maximum Gasteiger partial charge on any atom is 0.394 e. The van der Waals surface area contributed by atoms with Crippen molar-refractivity contribution < 1.29 is 27.1 Å². The lowest BCUT2D eigenvalue weighted by Gasteiger charge is -2.26. The van der Waals surface area contributed by atoms with Crippen molar-refractivity contribution in [3.05, 3.63) is 0 Å². The predicted molar refractivity (Wildman–Crippen MR) is 43.9 cm³/mol. The van der Waals surface area contributed by atoms with Crippen LogP contribution >= 0.6 is 0 Å². The summed E-state index contributed by atoms with van der Waals surface area (Å²) in [5, 5.41) is 8.86. The lowest BCUT2D eigenvalue weighted by atomic mass is 10.5. The molecule has 0 aromatic rings. The van der Waals surface area contributed by atoms with Crippen LogP contribution in [0.25, 0.3) is 0 Å². The van der Waals surface area contributed by atoms with Crippen LogP contribution in [0.15, 0.2) is 0 Å². The van der Waals surface area contributed by atoms with E-state index in [4.69, 9.17) is 22.6 Å². The second kappa shape index (κ2) is 4.73. The zero-order chi connectivity index (χ0) is 10.6. The Morgan fingerprint density at radius 2 is 1.25 bits per heavy atom. The van der Waals surface area contributed by atoms with Crippen LogP contribution in [0.5, 0.6) is 0 Å². The first-order valence-corrected chi connectivity index (χ1v) is 4.53. The Morgan fingerprint density at radius 1 is 1.17 bits per heavy atom. The van der Waals surface area contributed by atoms with Gasteiger partial charge in [-0.15, -0.1) is 0 Å². The highest BCUT2D eigenvalue weighted by Crippen LogP contribution is 1.94. The number of hydrogen-bond acceptors (Lipinski definition) is 3. The fraction of sp³-hybridized carbons (Fsp3) is 1.00. The van der Waals surface area contributed by atoms with Gasteiger partial charge in [0.05, 0.1) is 21.1 Å². The predicted octanol–water partition coefficient (Wildman–Crippen LogP) is -0.622. The standard InChI is InChI=1S/C5H14NO.H2O4S/c1-5(7)6(2,3)4;1-5(2,3)4/h5,7H,1-4H3;(H2,1,2,3,4)/q+1;. The van der Waals surface area contributed by atoms with E-state index in [0.29, 0.717) is 4.48 Å². The highest BCUT2D eigenvalue weighted by Gasteiger charge is 2.12. The second-order valence-electron chi connectivity index (χ2n) is 3.20. The van der Waals surface area contributed by atoms with E-state index in [1.807, 2.05) is 21.1 Å². The summed E-state index contributed by atoms with van der Waals surface area (Å²) in [7, 11) is 1.18. The van der Waals surface area contributed by atoms with Gasteiger partial charge in [-0.2, -0.15) is 8.42 Å². The summed E-state index contributed by atoms with van der Waals surface area (Å²) in [4.78, 5) is 0. The molecular formula is C5H16NO5S+. The average Bonchev–Trinajstić information content (AvgIpc) is 1.55. The van der Waals surface area contributed by atoms with Gasteiger partial charge in [-0.25, -0.2) is 0 Å². The topological polar surface area (TPSA) is 94.8 Å². The molecule has 0 amide bonds. The first kappa shape index (κ1) is 14.3. The van der Waals surface area contributed by atoms with E-state index in [2.05, 4.69) is 0 Å².